The van der Waals surface area contributed by atoms with E-state index in [0.717, 1.165) is 0 Å². The Kier molecular flexibility index (Phi) is 5.06. The van der Waals surface area contributed by atoms with E-state index in [2.05, 4.69) is 12.2 Å². The van der Waals surface area contributed by atoms with Crippen molar-refractivity contribution in [2.45, 2.75) is 12.7 Å². The van der Waals surface area contributed by atoms with Crippen molar-refractivity contribution in [3.8, 4) is 0 Å². The van der Waals surface area contributed by atoms with Crippen LogP contribution in [0, 0.1) is 17.0 Å². The Morgan fingerprint density at radius 1 is 1.50 bits per heavy atom. The van der Waals surface area contributed by atoms with Crippen LogP contribution in [0.25, 0.3) is 0 Å². The Morgan fingerprint density at radius 2 is 2.11 bits per heavy atom. The van der Waals surface area contributed by atoms with Crippen LogP contribution in [0.15, 0.2) is 24.3 Å². The van der Waals surface area contributed by atoms with E-state index < -0.39 is 17.1 Å². The monoisotopic (exact) mass is 253 g/mol. The smallest absolute Gasteiger partial charge is 0.407 e. The van der Waals surface area contributed by atoms with Crippen molar-refractivity contribution in [2.24, 2.45) is 0 Å². The third kappa shape index (κ3) is 4.79. The molecule has 0 aliphatic rings. The zero-order valence-electron chi connectivity index (χ0n) is 9.54. The molecule has 1 aromatic carbocycles. The van der Waals surface area contributed by atoms with E-state index in [4.69, 9.17) is 9.84 Å². The summed E-state index contributed by atoms with van der Waals surface area (Å²) < 4.78 is 4.82. The summed E-state index contributed by atoms with van der Waals surface area (Å²) in [5, 5.41) is 21.5. The van der Waals surface area contributed by atoms with Gasteiger partial charge in [-0.25, -0.2) is 4.79 Å². The first-order chi connectivity index (χ1) is 8.49. The lowest BCUT2D eigenvalue weighted by atomic mass is 10.2. The number of rotatable bonds is 5. The first-order valence-corrected chi connectivity index (χ1v) is 5.14. The number of ether oxygens (including phenoxy) is 1. The number of carbonyl (C=O) groups excluding carboxylic acids is 1. The Morgan fingerprint density at radius 3 is 2.61 bits per heavy atom. The number of nitro benzene ring substituents is 1. The normalized spacial score (nSPS) is 11.7. The number of non-ortho nitro benzene ring substituents is 1. The molecule has 1 rings (SSSR count). The number of nitrogens with one attached hydrogen (secondary N) is 1. The highest BCUT2D eigenvalue weighted by Gasteiger charge is 2.06. The van der Waals surface area contributed by atoms with Crippen LogP contribution in [0.1, 0.15) is 5.56 Å². The molecule has 1 amide bonds. The maximum absolute atomic E-state index is 11.1. The summed E-state index contributed by atoms with van der Waals surface area (Å²) in [4.78, 5) is 21.0. The molecular formula is C11H13N2O5. The molecule has 1 atom stereocenters. The molecule has 0 saturated heterocycles. The van der Waals surface area contributed by atoms with Crippen LogP contribution in [-0.2, 0) is 11.3 Å². The molecule has 2 N–H and O–H groups in total. The number of carbonyl (C=O) groups is 1. The summed E-state index contributed by atoms with van der Waals surface area (Å²) in [7, 11) is 0. The molecule has 0 bridgehead atoms. The summed E-state index contributed by atoms with van der Waals surface area (Å²) in [6.07, 6.45) is -1.58. The maximum Gasteiger partial charge on any atom is 0.407 e. The maximum atomic E-state index is 11.1. The molecule has 97 valence electrons. The van der Waals surface area contributed by atoms with Crippen LogP contribution in [0.2, 0.25) is 0 Å². The first-order valence-electron chi connectivity index (χ1n) is 5.14. The van der Waals surface area contributed by atoms with Crippen molar-refractivity contribution in [1.29, 1.82) is 0 Å². The van der Waals surface area contributed by atoms with Crippen LogP contribution >= 0.6 is 0 Å². The van der Waals surface area contributed by atoms with Crippen molar-refractivity contribution in [1.82, 2.24) is 5.32 Å². The lowest BCUT2D eigenvalue weighted by Gasteiger charge is -2.08. The number of amides is 1. The third-order valence-electron chi connectivity index (χ3n) is 2.00. The highest BCUT2D eigenvalue weighted by Crippen LogP contribution is 2.12. The van der Waals surface area contributed by atoms with Crippen molar-refractivity contribution in [3.63, 3.8) is 0 Å². The molecule has 7 heteroatoms. The van der Waals surface area contributed by atoms with Gasteiger partial charge in [-0.1, -0.05) is 0 Å². The molecule has 1 radical (unpaired) electrons. The Balaban J connectivity index is 2.39. The van der Waals surface area contributed by atoms with Gasteiger partial charge in [-0.3, -0.25) is 10.1 Å². The van der Waals surface area contributed by atoms with Gasteiger partial charge in [0.15, 0.2) is 0 Å². The van der Waals surface area contributed by atoms with Gasteiger partial charge in [-0.05, 0) is 24.6 Å². The van der Waals surface area contributed by atoms with Crippen molar-refractivity contribution in [3.05, 3.63) is 46.9 Å². The zero-order chi connectivity index (χ0) is 13.5. The van der Waals surface area contributed by atoms with Crippen LogP contribution in [-0.4, -0.2) is 28.8 Å². The first kappa shape index (κ1) is 13.9. The number of aliphatic hydroxyl groups is 1. The molecule has 1 aromatic rings. The second kappa shape index (κ2) is 6.55. The predicted molar refractivity (Wildman–Crippen MR) is 62.6 cm³/mol. The Bertz CT molecular complexity index is 416. The fourth-order valence-corrected chi connectivity index (χ4v) is 1.11. The molecule has 0 aliphatic heterocycles. The van der Waals surface area contributed by atoms with Crippen LogP contribution in [0.4, 0.5) is 10.5 Å². The van der Waals surface area contributed by atoms with E-state index in [-0.39, 0.29) is 18.8 Å². The molecular weight excluding hydrogens is 240 g/mol. The second-order valence-corrected chi connectivity index (χ2v) is 3.53. The molecule has 7 nitrogen and oxygen atoms in total. The fourth-order valence-electron chi connectivity index (χ4n) is 1.11. The zero-order valence-corrected chi connectivity index (χ0v) is 9.54. The van der Waals surface area contributed by atoms with Gasteiger partial charge in [0.2, 0.25) is 0 Å². The molecule has 0 fully saturated rings. The van der Waals surface area contributed by atoms with E-state index >= 15 is 0 Å². The number of alkyl carbamates (subject to hydrolysis) is 1. The van der Waals surface area contributed by atoms with Gasteiger partial charge in [0.1, 0.15) is 6.61 Å². The van der Waals surface area contributed by atoms with Gasteiger partial charge in [0, 0.05) is 18.7 Å². The number of aliphatic hydroxyl groups excluding tert-OH is 1. The highest BCUT2D eigenvalue weighted by molar-refractivity contribution is 5.67. The van der Waals surface area contributed by atoms with Crippen LogP contribution in [0.5, 0.6) is 0 Å². The molecule has 1 unspecified atom stereocenters. The SMILES string of the molecule is [CH2]C(O)CNC(=O)OCc1ccc([N+](=O)[O-])cc1. The molecule has 0 heterocycles. The van der Waals surface area contributed by atoms with Gasteiger partial charge in [-0.15, -0.1) is 0 Å². The third-order valence-corrected chi connectivity index (χ3v) is 2.00. The average Bonchev–Trinajstić information content (AvgIpc) is 2.34. The summed E-state index contributed by atoms with van der Waals surface area (Å²) in [6, 6.07) is 5.66. The van der Waals surface area contributed by atoms with Gasteiger partial charge in [0.25, 0.3) is 5.69 Å². The quantitative estimate of drug-likeness (QED) is 0.602. The van der Waals surface area contributed by atoms with Crippen LogP contribution < -0.4 is 5.32 Å². The summed E-state index contributed by atoms with van der Waals surface area (Å²) in [5.74, 6) is 0. The van der Waals surface area contributed by atoms with E-state index in [1.54, 1.807) is 0 Å². The van der Waals surface area contributed by atoms with Gasteiger partial charge < -0.3 is 15.2 Å². The fraction of sp³-hybridized carbons (Fsp3) is 0.273. The van der Waals surface area contributed by atoms with Crippen molar-refractivity contribution >= 4 is 11.8 Å². The molecule has 0 aliphatic carbocycles. The van der Waals surface area contributed by atoms with Gasteiger partial charge >= 0.3 is 6.09 Å². The Labute approximate surface area is 104 Å². The number of hydrogen-bond acceptors (Lipinski definition) is 5. The molecule has 0 spiro atoms. The Hall–Kier alpha value is -2.15. The van der Waals surface area contributed by atoms with Gasteiger partial charge in [-0.2, -0.15) is 0 Å². The van der Waals surface area contributed by atoms with Crippen molar-refractivity contribution in [2.75, 3.05) is 6.54 Å². The number of nitro groups is 1. The topological polar surface area (TPSA) is 102 Å². The molecule has 0 aromatic heterocycles. The standard InChI is InChI=1S/C11H13N2O5/c1-8(14)6-12-11(15)18-7-9-2-4-10(5-3-9)13(16)17/h2-5,8,14H,1,6-7H2,(H,12,15). The summed E-state index contributed by atoms with van der Waals surface area (Å²) in [5.41, 5.74) is 0.606. The molecule has 18 heavy (non-hydrogen) atoms. The number of nitrogens with zero attached hydrogens (tertiary/aromatic N) is 1. The van der Waals surface area contributed by atoms with Gasteiger partial charge in [0.05, 0.1) is 11.0 Å². The van der Waals surface area contributed by atoms with Crippen LogP contribution in [0.3, 0.4) is 0 Å². The predicted octanol–water partition coefficient (Wildman–Crippen LogP) is 1.02. The minimum Gasteiger partial charge on any atom is -0.445 e. The minimum absolute atomic E-state index is 0.000898. The second-order valence-electron chi connectivity index (χ2n) is 3.53. The minimum atomic E-state index is -0.892. The highest BCUT2D eigenvalue weighted by atomic mass is 16.6. The number of hydrogen-bond donors (Lipinski definition) is 2. The van der Waals surface area contributed by atoms with Crippen molar-refractivity contribution < 1.29 is 19.6 Å². The van der Waals surface area contributed by atoms with E-state index in [9.17, 15) is 14.9 Å². The summed E-state index contributed by atoms with van der Waals surface area (Å²) >= 11 is 0. The molecule has 0 saturated carbocycles. The van der Waals surface area contributed by atoms with E-state index in [1.807, 2.05) is 0 Å². The average molecular weight is 253 g/mol. The van der Waals surface area contributed by atoms with E-state index in [0.29, 0.717) is 5.56 Å². The van der Waals surface area contributed by atoms with E-state index in [1.165, 1.54) is 24.3 Å². The lowest BCUT2D eigenvalue weighted by Crippen LogP contribution is -2.31. The lowest BCUT2D eigenvalue weighted by molar-refractivity contribution is -0.384. The number of benzene rings is 1. The summed E-state index contributed by atoms with van der Waals surface area (Å²) in [6.45, 7) is 3.27. The largest absolute Gasteiger partial charge is 0.445 e.